The maximum Gasteiger partial charge on any atom is 0.250 e. The molecule has 11 heavy (non-hydrogen) atoms. The van der Waals surface area contributed by atoms with E-state index < -0.39 is 0 Å². The molecule has 0 fully saturated rings. The molecule has 3 heteroatoms. The van der Waals surface area contributed by atoms with Gasteiger partial charge in [0.2, 0.25) is 0 Å². The summed E-state index contributed by atoms with van der Waals surface area (Å²) in [6.45, 7) is 0.531. The maximum atomic E-state index is 11.0. The zero-order chi connectivity index (χ0) is 8.10. The van der Waals surface area contributed by atoms with Crippen LogP contribution in [-0.2, 0) is 6.54 Å². The Hall–Kier alpha value is -1.02. The molecule has 0 radical (unpaired) electrons. The molecule has 0 aliphatic rings. The van der Waals surface area contributed by atoms with E-state index >= 15 is 0 Å². The van der Waals surface area contributed by atoms with E-state index in [0.29, 0.717) is 6.54 Å². The molecule has 0 aliphatic carbocycles. The Morgan fingerprint density at radius 2 is 2.36 bits per heavy atom. The van der Waals surface area contributed by atoms with E-state index in [4.69, 9.17) is 11.6 Å². The van der Waals surface area contributed by atoms with Gasteiger partial charge in [-0.25, -0.2) is 0 Å². The molecule has 0 unspecified atom stereocenters. The van der Waals surface area contributed by atoms with E-state index in [9.17, 15) is 4.79 Å². The van der Waals surface area contributed by atoms with E-state index in [1.54, 1.807) is 22.9 Å². The predicted molar refractivity (Wildman–Crippen MR) is 45.7 cm³/mol. The summed E-state index contributed by atoms with van der Waals surface area (Å²) in [5.41, 5.74) is 1.39. The summed E-state index contributed by atoms with van der Waals surface area (Å²) in [6.07, 6.45) is 3.43. The zero-order valence-electron chi connectivity index (χ0n) is 5.90. The molecule has 0 N–H and O–H groups in total. The van der Waals surface area contributed by atoms with Crippen molar-refractivity contribution in [1.29, 1.82) is 0 Å². The van der Waals surface area contributed by atoms with Crippen molar-refractivity contribution in [2.24, 2.45) is 0 Å². The first-order valence-corrected chi connectivity index (χ1v) is 3.69. The van der Waals surface area contributed by atoms with Crippen molar-refractivity contribution < 1.29 is 0 Å². The summed E-state index contributed by atoms with van der Waals surface area (Å²) >= 11 is 5.31. The van der Waals surface area contributed by atoms with Crippen molar-refractivity contribution in [1.82, 2.24) is 4.57 Å². The number of pyridine rings is 1. The lowest BCUT2D eigenvalue weighted by Crippen LogP contribution is -2.16. The van der Waals surface area contributed by atoms with Crippen molar-refractivity contribution in [3.63, 3.8) is 0 Å². The summed E-state index contributed by atoms with van der Waals surface area (Å²) in [5.74, 6) is 0. The fraction of sp³-hybridized carbons (Fsp3) is 0.125. The molecule has 0 saturated carbocycles. The largest absolute Gasteiger partial charge is 0.312 e. The monoisotopic (exact) mass is 169 g/mol. The minimum Gasteiger partial charge on any atom is -0.312 e. The molecule has 1 aromatic heterocycles. The number of aromatic nitrogens is 1. The number of nitrogens with zero attached hydrogens (tertiary/aromatic N) is 1. The third kappa shape index (κ3) is 2.24. The van der Waals surface area contributed by atoms with Gasteiger partial charge in [0.1, 0.15) is 0 Å². The highest BCUT2D eigenvalue weighted by atomic mass is 35.5. The van der Waals surface area contributed by atoms with Crippen LogP contribution in [0.4, 0.5) is 0 Å². The summed E-state index contributed by atoms with van der Waals surface area (Å²) in [5, 5.41) is 0. The molecule has 1 aromatic rings. The van der Waals surface area contributed by atoms with Crippen LogP contribution in [0.2, 0.25) is 0 Å². The molecule has 0 atom stereocenters. The normalized spacial score (nSPS) is 10.6. The first-order chi connectivity index (χ1) is 5.34. The lowest BCUT2D eigenvalue weighted by molar-refractivity contribution is 0.780. The summed E-state index contributed by atoms with van der Waals surface area (Å²) in [6, 6.07) is 5.04. The molecule has 1 heterocycles. The molecule has 0 aliphatic heterocycles. The topological polar surface area (TPSA) is 22.0 Å². The van der Waals surface area contributed by atoms with Gasteiger partial charge in [0.25, 0.3) is 5.56 Å². The number of hydrogen-bond donors (Lipinski definition) is 0. The first kappa shape index (κ1) is 8.08. The van der Waals surface area contributed by atoms with Gasteiger partial charge in [0, 0.05) is 24.3 Å². The fourth-order valence-corrected chi connectivity index (χ4v) is 0.845. The van der Waals surface area contributed by atoms with Crippen molar-refractivity contribution >= 4 is 11.6 Å². The Labute approximate surface area is 69.7 Å². The Kier molecular flexibility index (Phi) is 2.93. The van der Waals surface area contributed by atoms with Crippen LogP contribution in [0, 0.1) is 0 Å². The molecule has 0 aromatic carbocycles. The smallest absolute Gasteiger partial charge is 0.250 e. The number of allylic oxidation sites excluding steroid dienone is 1. The average Bonchev–Trinajstić information content (AvgIpc) is 2.03. The van der Waals surface area contributed by atoms with Crippen LogP contribution in [0.3, 0.4) is 0 Å². The molecular formula is C8H8ClNO. The molecule has 0 bridgehead atoms. The molecular weight excluding hydrogens is 162 g/mol. The van der Waals surface area contributed by atoms with E-state index in [1.165, 1.54) is 11.6 Å². The number of halogens is 1. The summed E-state index contributed by atoms with van der Waals surface area (Å²) in [7, 11) is 0. The first-order valence-electron chi connectivity index (χ1n) is 3.25. The minimum atomic E-state index is -0.0118. The Morgan fingerprint density at radius 1 is 1.55 bits per heavy atom. The van der Waals surface area contributed by atoms with Crippen molar-refractivity contribution in [3.8, 4) is 0 Å². The van der Waals surface area contributed by atoms with Crippen molar-refractivity contribution in [3.05, 3.63) is 46.4 Å². The molecule has 58 valence electrons. The Balaban J connectivity index is 2.86. The van der Waals surface area contributed by atoms with Crippen LogP contribution in [0.1, 0.15) is 0 Å². The highest BCUT2D eigenvalue weighted by Gasteiger charge is 1.87. The molecule has 0 amide bonds. The quantitative estimate of drug-likeness (QED) is 0.659. The van der Waals surface area contributed by atoms with Gasteiger partial charge in [-0.3, -0.25) is 4.79 Å². The van der Waals surface area contributed by atoms with E-state index in [1.807, 2.05) is 6.07 Å². The minimum absolute atomic E-state index is 0.0118. The van der Waals surface area contributed by atoms with Crippen LogP contribution in [0.15, 0.2) is 40.8 Å². The highest BCUT2D eigenvalue weighted by Crippen LogP contribution is 1.85. The summed E-state index contributed by atoms with van der Waals surface area (Å²) < 4.78 is 1.57. The second-order valence-corrected chi connectivity index (χ2v) is 2.30. The average molecular weight is 170 g/mol. The lowest BCUT2D eigenvalue weighted by atomic mass is 10.4. The van der Waals surface area contributed by atoms with E-state index in [2.05, 4.69) is 0 Å². The maximum absolute atomic E-state index is 11.0. The zero-order valence-corrected chi connectivity index (χ0v) is 6.66. The highest BCUT2D eigenvalue weighted by molar-refractivity contribution is 6.25. The second-order valence-electron chi connectivity index (χ2n) is 2.05. The van der Waals surface area contributed by atoms with Gasteiger partial charge < -0.3 is 4.57 Å². The second kappa shape index (κ2) is 3.98. The number of hydrogen-bond acceptors (Lipinski definition) is 1. The third-order valence-electron chi connectivity index (χ3n) is 1.29. The van der Waals surface area contributed by atoms with E-state index in [0.717, 1.165) is 0 Å². The van der Waals surface area contributed by atoms with Crippen LogP contribution in [0.5, 0.6) is 0 Å². The van der Waals surface area contributed by atoms with Gasteiger partial charge in [0.15, 0.2) is 0 Å². The van der Waals surface area contributed by atoms with Gasteiger partial charge in [-0.15, -0.1) is 0 Å². The van der Waals surface area contributed by atoms with Crippen molar-refractivity contribution in [2.75, 3.05) is 0 Å². The molecule has 0 saturated heterocycles. The summed E-state index contributed by atoms with van der Waals surface area (Å²) in [4.78, 5) is 11.0. The van der Waals surface area contributed by atoms with E-state index in [-0.39, 0.29) is 5.56 Å². The fourth-order valence-electron chi connectivity index (χ4n) is 0.765. The molecule has 1 rings (SSSR count). The Morgan fingerprint density at radius 3 is 3.00 bits per heavy atom. The molecule has 2 nitrogen and oxygen atoms in total. The van der Waals surface area contributed by atoms with Gasteiger partial charge in [-0.05, 0) is 6.07 Å². The van der Waals surface area contributed by atoms with Gasteiger partial charge in [-0.1, -0.05) is 23.7 Å². The third-order valence-corrected chi connectivity index (χ3v) is 1.47. The van der Waals surface area contributed by atoms with Gasteiger partial charge >= 0.3 is 0 Å². The Bertz CT molecular complexity index is 303. The lowest BCUT2D eigenvalue weighted by Gasteiger charge is -1.97. The van der Waals surface area contributed by atoms with Crippen LogP contribution >= 0.6 is 11.6 Å². The van der Waals surface area contributed by atoms with Gasteiger partial charge in [0.05, 0.1) is 0 Å². The standard InChI is InChI=1S/C8H8ClNO/c9-5-3-7-10-6-2-1-4-8(10)11/h1-6H,7H2/b5-3+. The predicted octanol–water partition coefficient (Wildman–Crippen LogP) is 1.60. The van der Waals surface area contributed by atoms with Crippen molar-refractivity contribution in [2.45, 2.75) is 6.54 Å². The van der Waals surface area contributed by atoms with Crippen LogP contribution in [-0.4, -0.2) is 4.57 Å². The van der Waals surface area contributed by atoms with Gasteiger partial charge in [-0.2, -0.15) is 0 Å². The number of rotatable bonds is 2. The SMILES string of the molecule is O=c1ccccn1C/C=C/Cl. The van der Waals surface area contributed by atoms with Crippen LogP contribution in [0.25, 0.3) is 0 Å². The van der Waals surface area contributed by atoms with Crippen LogP contribution < -0.4 is 5.56 Å². The molecule has 0 spiro atoms.